The zero-order valence-electron chi connectivity index (χ0n) is 11.0. The van der Waals surface area contributed by atoms with Crippen LogP contribution in [0.25, 0.3) is 10.9 Å². The first kappa shape index (κ1) is 13.0. The Morgan fingerprint density at radius 1 is 1.32 bits per heavy atom. The van der Waals surface area contributed by atoms with Gasteiger partial charge < -0.3 is 5.32 Å². The van der Waals surface area contributed by atoms with Crippen LogP contribution in [0.1, 0.15) is 24.3 Å². The largest absolute Gasteiger partial charge is 0.349 e. The number of carbonyl (C=O) groups excluding carboxylic acids is 1. The van der Waals surface area contributed by atoms with Gasteiger partial charge >= 0.3 is 0 Å². The van der Waals surface area contributed by atoms with Gasteiger partial charge in [-0.3, -0.25) is 4.79 Å². The molecular formula is C15H15N3O. The maximum atomic E-state index is 12.0. The van der Waals surface area contributed by atoms with Gasteiger partial charge in [-0.2, -0.15) is 5.26 Å². The van der Waals surface area contributed by atoms with Crippen molar-refractivity contribution in [2.24, 2.45) is 5.41 Å². The number of nitriles is 1. The second kappa shape index (κ2) is 5.07. The van der Waals surface area contributed by atoms with E-state index in [4.69, 9.17) is 5.26 Å². The summed E-state index contributed by atoms with van der Waals surface area (Å²) in [6.07, 6.45) is 0. The number of nitrogens with zero attached hydrogens (tertiary/aromatic N) is 2. The molecule has 1 aromatic heterocycles. The van der Waals surface area contributed by atoms with Gasteiger partial charge in [0.1, 0.15) is 5.69 Å². The van der Waals surface area contributed by atoms with Crippen LogP contribution in [0.15, 0.2) is 36.4 Å². The molecule has 0 aliphatic heterocycles. The molecule has 0 spiro atoms. The third-order valence-electron chi connectivity index (χ3n) is 2.82. The number of aromatic nitrogens is 1. The molecule has 0 radical (unpaired) electrons. The molecule has 0 atom stereocenters. The Morgan fingerprint density at radius 2 is 2.05 bits per heavy atom. The number of nitrogens with one attached hydrogen (secondary N) is 1. The van der Waals surface area contributed by atoms with Gasteiger partial charge in [0.25, 0.3) is 5.91 Å². The summed E-state index contributed by atoms with van der Waals surface area (Å²) in [6.45, 7) is 3.86. The zero-order valence-corrected chi connectivity index (χ0v) is 11.0. The Bertz CT molecular complexity index is 656. The van der Waals surface area contributed by atoms with Crippen molar-refractivity contribution in [1.29, 1.82) is 5.26 Å². The molecule has 2 rings (SSSR count). The Hall–Kier alpha value is -2.41. The molecular weight excluding hydrogens is 238 g/mol. The summed E-state index contributed by atoms with van der Waals surface area (Å²) in [5, 5.41) is 12.6. The lowest BCUT2D eigenvalue weighted by Crippen LogP contribution is -2.33. The van der Waals surface area contributed by atoms with Crippen molar-refractivity contribution in [2.75, 3.05) is 6.54 Å². The van der Waals surface area contributed by atoms with Crippen molar-refractivity contribution < 1.29 is 4.79 Å². The fourth-order valence-electron chi connectivity index (χ4n) is 1.62. The van der Waals surface area contributed by atoms with E-state index in [1.807, 2.05) is 30.3 Å². The number of hydrogen-bond acceptors (Lipinski definition) is 3. The Balaban J connectivity index is 2.16. The van der Waals surface area contributed by atoms with Gasteiger partial charge in [-0.05, 0) is 26.0 Å². The third kappa shape index (κ3) is 3.08. The van der Waals surface area contributed by atoms with Crippen LogP contribution in [0.3, 0.4) is 0 Å². The van der Waals surface area contributed by atoms with Crippen LogP contribution in [0.4, 0.5) is 0 Å². The van der Waals surface area contributed by atoms with Gasteiger partial charge in [0.05, 0.1) is 17.0 Å². The fraction of sp³-hybridized carbons (Fsp3) is 0.267. The summed E-state index contributed by atoms with van der Waals surface area (Å²) < 4.78 is 0. The van der Waals surface area contributed by atoms with E-state index in [2.05, 4.69) is 16.4 Å². The number of amides is 1. The second-order valence-corrected chi connectivity index (χ2v) is 5.07. The summed E-state index contributed by atoms with van der Waals surface area (Å²) >= 11 is 0. The second-order valence-electron chi connectivity index (χ2n) is 5.07. The molecule has 1 aromatic carbocycles. The van der Waals surface area contributed by atoms with Crippen molar-refractivity contribution in [3.05, 3.63) is 42.1 Å². The van der Waals surface area contributed by atoms with Gasteiger partial charge in [-0.25, -0.2) is 4.98 Å². The molecule has 0 saturated carbocycles. The normalized spacial score (nSPS) is 11.0. The maximum absolute atomic E-state index is 12.0. The first-order valence-corrected chi connectivity index (χ1v) is 6.07. The fourth-order valence-corrected chi connectivity index (χ4v) is 1.62. The summed E-state index contributed by atoms with van der Waals surface area (Å²) in [4.78, 5) is 16.3. The molecule has 96 valence electrons. The molecule has 0 fully saturated rings. The highest BCUT2D eigenvalue weighted by Gasteiger charge is 2.18. The molecule has 1 N–H and O–H groups in total. The summed E-state index contributed by atoms with van der Waals surface area (Å²) in [6, 6.07) is 13.3. The van der Waals surface area contributed by atoms with Crippen LogP contribution in [0.2, 0.25) is 0 Å². The summed E-state index contributed by atoms with van der Waals surface area (Å²) in [5.41, 5.74) is 0.578. The number of carbonyl (C=O) groups is 1. The smallest absolute Gasteiger partial charge is 0.269 e. The van der Waals surface area contributed by atoms with E-state index in [0.717, 1.165) is 10.9 Å². The maximum Gasteiger partial charge on any atom is 0.269 e. The van der Waals surface area contributed by atoms with E-state index in [9.17, 15) is 4.79 Å². The molecule has 0 unspecified atom stereocenters. The minimum atomic E-state index is -0.577. The van der Waals surface area contributed by atoms with E-state index >= 15 is 0 Å². The summed E-state index contributed by atoms with van der Waals surface area (Å²) in [5.74, 6) is -0.255. The van der Waals surface area contributed by atoms with E-state index < -0.39 is 5.41 Å². The Kier molecular flexibility index (Phi) is 3.48. The Labute approximate surface area is 112 Å². The monoisotopic (exact) mass is 253 g/mol. The molecule has 0 saturated heterocycles. The van der Waals surface area contributed by atoms with E-state index in [1.165, 1.54) is 0 Å². The van der Waals surface area contributed by atoms with Crippen LogP contribution in [0, 0.1) is 16.7 Å². The van der Waals surface area contributed by atoms with Crippen LogP contribution >= 0.6 is 0 Å². The first-order valence-electron chi connectivity index (χ1n) is 6.07. The van der Waals surface area contributed by atoms with Gasteiger partial charge in [0.15, 0.2) is 0 Å². The molecule has 2 aromatic rings. The quantitative estimate of drug-likeness (QED) is 0.914. The highest BCUT2D eigenvalue weighted by atomic mass is 16.1. The molecule has 0 aliphatic carbocycles. The van der Waals surface area contributed by atoms with Crippen LogP contribution in [0.5, 0.6) is 0 Å². The van der Waals surface area contributed by atoms with Crippen molar-refractivity contribution >= 4 is 16.8 Å². The van der Waals surface area contributed by atoms with Crippen LogP contribution < -0.4 is 5.32 Å². The molecule has 4 nitrogen and oxygen atoms in total. The standard InChI is InChI=1S/C15H15N3O/c1-15(2,9-16)10-17-14(19)13-8-7-11-5-3-4-6-12(11)18-13/h3-8H,10H2,1-2H3,(H,17,19). The number of pyridine rings is 1. The minimum Gasteiger partial charge on any atom is -0.349 e. The number of hydrogen-bond donors (Lipinski definition) is 1. The topological polar surface area (TPSA) is 65.8 Å². The van der Waals surface area contributed by atoms with Gasteiger partial charge in [-0.15, -0.1) is 0 Å². The molecule has 4 heteroatoms. The van der Waals surface area contributed by atoms with E-state index in [1.54, 1.807) is 19.9 Å². The lowest BCUT2D eigenvalue weighted by atomic mass is 9.96. The minimum absolute atomic E-state index is 0.255. The summed E-state index contributed by atoms with van der Waals surface area (Å²) in [7, 11) is 0. The first-order chi connectivity index (χ1) is 9.02. The highest BCUT2D eigenvalue weighted by molar-refractivity contribution is 5.94. The predicted octanol–water partition coefficient (Wildman–Crippen LogP) is 2.51. The zero-order chi connectivity index (χ0) is 13.9. The van der Waals surface area contributed by atoms with Gasteiger partial charge in [0.2, 0.25) is 0 Å². The molecule has 0 bridgehead atoms. The third-order valence-corrected chi connectivity index (χ3v) is 2.82. The van der Waals surface area contributed by atoms with E-state index in [-0.39, 0.29) is 5.91 Å². The number of rotatable bonds is 3. The van der Waals surface area contributed by atoms with E-state index in [0.29, 0.717) is 12.2 Å². The molecule has 0 aliphatic rings. The number of para-hydroxylation sites is 1. The molecule has 1 heterocycles. The van der Waals surface area contributed by atoms with Gasteiger partial charge in [0, 0.05) is 11.9 Å². The Morgan fingerprint density at radius 3 is 2.79 bits per heavy atom. The number of benzene rings is 1. The SMILES string of the molecule is CC(C)(C#N)CNC(=O)c1ccc2ccccc2n1. The predicted molar refractivity (Wildman–Crippen MR) is 73.5 cm³/mol. The highest BCUT2D eigenvalue weighted by Crippen LogP contribution is 2.13. The lowest BCUT2D eigenvalue weighted by Gasteiger charge is -2.15. The van der Waals surface area contributed by atoms with Crippen molar-refractivity contribution in [1.82, 2.24) is 10.3 Å². The van der Waals surface area contributed by atoms with Crippen LogP contribution in [-0.4, -0.2) is 17.4 Å². The van der Waals surface area contributed by atoms with Crippen LogP contribution in [-0.2, 0) is 0 Å². The number of fused-ring (bicyclic) bond motifs is 1. The van der Waals surface area contributed by atoms with Gasteiger partial charge in [-0.1, -0.05) is 24.3 Å². The van der Waals surface area contributed by atoms with Crippen molar-refractivity contribution in [3.8, 4) is 6.07 Å². The van der Waals surface area contributed by atoms with Crippen molar-refractivity contribution in [3.63, 3.8) is 0 Å². The van der Waals surface area contributed by atoms with Crippen molar-refractivity contribution in [2.45, 2.75) is 13.8 Å². The molecule has 1 amide bonds. The lowest BCUT2D eigenvalue weighted by molar-refractivity contribution is 0.0939. The average Bonchev–Trinajstić information content (AvgIpc) is 2.44. The molecule has 19 heavy (non-hydrogen) atoms. The average molecular weight is 253 g/mol.